The molecule has 0 aliphatic carbocycles. The van der Waals surface area contributed by atoms with Crippen molar-refractivity contribution >= 4 is 40.0 Å². The minimum atomic E-state index is 0.835. The number of hydrogen-bond acceptors (Lipinski definition) is 3. The topological polar surface area (TPSA) is 21.1 Å². The zero-order chi connectivity index (χ0) is 15.1. The molecule has 4 rings (SSSR count). The summed E-state index contributed by atoms with van der Waals surface area (Å²) in [5.74, 6) is 2.18. The largest absolute Gasteiger partial charge is 0.360 e. The van der Waals surface area contributed by atoms with Gasteiger partial charge in [-0.2, -0.15) is 5.10 Å². The quantitative estimate of drug-likeness (QED) is 0.695. The van der Waals surface area contributed by atoms with Crippen molar-refractivity contribution < 1.29 is 0 Å². The van der Waals surface area contributed by atoms with Gasteiger partial charge in [0.15, 0.2) is 0 Å². The normalized spacial score (nSPS) is 14.9. The first-order chi connectivity index (χ1) is 10.8. The van der Waals surface area contributed by atoms with Gasteiger partial charge in [0.05, 0.1) is 28.3 Å². The van der Waals surface area contributed by atoms with Crippen LogP contribution in [0.4, 0.5) is 5.69 Å². The summed E-state index contributed by atoms with van der Waals surface area (Å²) in [4.78, 5) is 2.35. The van der Waals surface area contributed by atoms with Gasteiger partial charge < -0.3 is 4.90 Å². The lowest BCUT2D eigenvalue weighted by atomic mass is 10.0. The highest BCUT2D eigenvalue weighted by Gasteiger charge is 2.18. The fourth-order valence-electron chi connectivity index (χ4n) is 2.99. The number of nitrogens with zero attached hydrogens (tertiary/aromatic N) is 3. The Morgan fingerprint density at radius 2 is 1.95 bits per heavy atom. The molecule has 5 heteroatoms. The van der Waals surface area contributed by atoms with Gasteiger partial charge in [0.2, 0.25) is 0 Å². The highest BCUT2D eigenvalue weighted by Crippen LogP contribution is 2.39. The zero-order valence-corrected chi connectivity index (χ0v) is 13.9. The average molecular weight is 330 g/mol. The Labute approximate surface area is 138 Å². The monoisotopic (exact) mass is 329 g/mol. The molecule has 2 heterocycles. The number of rotatable bonds is 2. The molecule has 0 atom stereocenters. The van der Waals surface area contributed by atoms with Gasteiger partial charge >= 0.3 is 0 Å². The molecule has 0 N–H and O–H groups in total. The molecule has 0 amide bonds. The van der Waals surface area contributed by atoms with E-state index in [1.54, 1.807) is 0 Å². The van der Waals surface area contributed by atoms with Crippen LogP contribution in [0, 0.1) is 0 Å². The van der Waals surface area contributed by atoms with Crippen LogP contribution >= 0.6 is 23.4 Å². The molecule has 1 aliphatic heterocycles. The smallest absolute Gasteiger partial charge is 0.0718 e. The van der Waals surface area contributed by atoms with E-state index >= 15 is 0 Å². The third kappa shape index (κ3) is 2.18. The number of hydrogen-bond donors (Lipinski definition) is 0. The molecule has 1 aromatic heterocycles. The van der Waals surface area contributed by atoms with Crippen LogP contribution in [0.2, 0.25) is 5.02 Å². The van der Waals surface area contributed by atoms with Crippen molar-refractivity contribution in [3.05, 3.63) is 47.6 Å². The predicted molar refractivity (Wildman–Crippen MR) is 95.8 cm³/mol. The van der Waals surface area contributed by atoms with Crippen molar-refractivity contribution in [1.29, 1.82) is 0 Å². The van der Waals surface area contributed by atoms with Crippen LogP contribution in [0.1, 0.15) is 0 Å². The van der Waals surface area contributed by atoms with Crippen molar-refractivity contribution in [2.75, 3.05) is 23.1 Å². The Bertz CT molecular complexity index is 837. The highest BCUT2D eigenvalue weighted by molar-refractivity contribution is 7.99. The summed E-state index contributed by atoms with van der Waals surface area (Å²) in [6.45, 7) is 1.06. The standard InChI is InChI=1S/C17H16ClN3S/c1-20-15-6-2-4-12(14(15)10-19-20)13-5-3-7-16(17(13)18)21-8-9-22-11-21/h2-7,10H,8-9,11H2,1H3. The minimum absolute atomic E-state index is 0.835. The number of halogens is 1. The molecule has 0 spiro atoms. The van der Waals surface area contributed by atoms with Crippen molar-refractivity contribution in [2.45, 2.75) is 0 Å². The highest BCUT2D eigenvalue weighted by atomic mass is 35.5. The molecule has 1 aliphatic rings. The van der Waals surface area contributed by atoms with E-state index in [0.29, 0.717) is 0 Å². The third-order valence-corrected chi connectivity index (χ3v) is 5.52. The van der Waals surface area contributed by atoms with Gasteiger partial charge in [-0.15, -0.1) is 11.8 Å². The molecule has 0 unspecified atom stereocenters. The van der Waals surface area contributed by atoms with Crippen molar-refractivity contribution in [1.82, 2.24) is 9.78 Å². The first-order valence-corrected chi connectivity index (χ1v) is 8.81. The average Bonchev–Trinajstić information content (AvgIpc) is 3.18. The summed E-state index contributed by atoms with van der Waals surface area (Å²) in [5, 5.41) is 6.34. The van der Waals surface area contributed by atoms with Gasteiger partial charge in [-0.25, -0.2) is 0 Å². The zero-order valence-electron chi connectivity index (χ0n) is 12.3. The number of aromatic nitrogens is 2. The molecule has 3 aromatic rings. The maximum Gasteiger partial charge on any atom is 0.0718 e. The fourth-order valence-corrected chi connectivity index (χ4v) is 4.30. The molecule has 0 bridgehead atoms. The Hall–Kier alpha value is -1.65. The van der Waals surface area contributed by atoms with E-state index in [0.717, 1.165) is 45.2 Å². The van der Waals surface area contributed by atoms with Gasteiger partial charge in [-0.3, -0.25) is 4.68 Å². The lowest BCUT2D eigenvalue weighted by Crippen LogP contribution is -2.18. The molecule has 0 saturated carbocycles. The summed E-state index contributed by atoms with van der Waals surface area (Å²) in [5.41, 5.74) is 4.47. The molecule has 0 radical (unpaired) electrons. The van der Waals surface area contributed by atoms with Crippen molar-refractivity contribution in [3.63, 3.8) is 0 Å². The van der Waals surface area contributed by atoms with Gasteiger partial charge in [0.25, 0.3) is 0 Å². The number of anilines is 1. The summed E-state index contributed by atoms with van der Waals surface area (Å²) < 4.78 is 1.90. The van der Waals surface area contributed by atoms with Gasteiger partial charge in [0, 0.05) is 30.3 Å². The van der Waals surface area contributed by atoms with Gasteiger partial charge in [0.1, 0.15) is 0 Å². The molecular formula is C17H16ClN3S. The van der Waals surface area contributed by atoms with Crippen LogP contribution in [-0.2, 0) is 7.05 Å². The fraction of sp³-hybridized carbons (Fsp3) is 0.235. The Morgan fingerprint density at radius 1 is 1.14 bits per heavy atom. The number of aryl methyl sites for hydroxylation is 1. The molecule has 2 aromatic carbocycles. The van der Waals surface area contributed by atoms with Gasteiger partial charge in [-0.1, -0.05) is 35.9 Å². The van der Waals surface area contributed by atoms with Crippen molar-refractivity contribution in [2.24, 2.45) is 7.05 Å². The second kappa shape index (κ2) is 5.52. The maximum absolute atomic E-state index is 6.75. The second-order valence-corrected chi connectivity index (χ2v) is 6.90. The van der Waals surface area contributed by atoms with Gasteiger partial charge in [-0.05, 0) is 17.7 Å². The molecule has 22 heavy (non-hydrogen) atoms. The van der Waals surface area contributed by atoms with E-state index in [-0.39, 0.29) is 0 Å². The third-order valence-electron chi connectivity index (χ3n) is 4.15. The second-order valence-electron chi connectivity index (χ2n) is 5.45. The first kappa shape index (κ1) is 14.0. The van der Waals surface area contributed by atoms with E-state index in [1.807, 2.05) is 29.7 Å². The van der Waals surface area contributed by atoms with Crippen LogP contribution in [-0.4, -0.2) is 28.0 Å². The van der Waals surface area contributed by atoms with Crippen LogP contribution in [0.25, 0.3) is 22.0 Å². The molecular weight excluding hydrogens is 314 g/mol. The number of benzene rings is 2. The minimum Gasteiger partial charge on any atom is -0.360 e. The molecule has 3 nitrogen and oxygen atoms in total. The van der Waals surface area contributed by atoms with E-state index in [2.05, 4.69) is 46.4 Å². The summed E-state index contributed by atoms with van der Waals surface area (Å²) in [6.07, 6.45) is 1.92. The summed E-state index contributed by atoms with van der Waals surface area (Å²) in [7, 11) is 1.96. The van der Waals surface area contributed by atoms with Crippen molar-refractivity contribution in [3.8, 4) is 11.1 Å². The molecule has 1 saturated heterocycles. The molecule has 112 valence electrons. The van der Waals surface area contributed by atoms with Crippen LogP contribution in [0.15, 0.2) is 42.6 Å². The van der Waals surface area contributed by atoms with Crippen LogP contribution in [0.3, 0.4) is 0 Å². The summed E-state index contributed by atoms with van der Waals surface area (Å²) in [6, 6.07) is 12.6. The Kier molecular flexibility index (Phi) is 3.51. The SMILES string of the molecule is Cn1ncc2c(-c3cccc(N4CCSC4)c3Cl)cccc21. The lowest BCUT2D eigenvalue weighted by molar-refractivity contribution is 0.797. The van der Waals surface area contributed by atoms with Crippen LogP contribution in [0.5, 0.6) is 0 Å². The first-order valence-electron chi connectivity index (χ1n) is 7.28. The summed E-state index contributed by atoms with van der Waals surface area (Å²) >= 11 is 8.70. The van der Waals surface area contributed by atoms with E-state index in [9.17, 15) is 0 Å². The maximum atomic E-state index is 6.75. The lowest BCUT2D eigenvalue weighted by Gasteiger charge is -2.20. The predicted octanol–water partition coefficient (Wildman–Crippen LogP) is 4.40. The number of fused-ring (bicyclic) bond motifs is 1. The molecule has 1 fully saturated rings. The van der Waals surface area contributed by atoms with E-state index in [4.69, 9.17) is 11.6 Å². The van der Waals surface area contributed by atoms with Crippen LogP contribution < -0.4 is 4.90 Å². The Morgan fingerprint density at radius 3 is 2.77 bits per heavy atom. The van der Waals surface area contributed by atoms with E-state index < -0.39 is 0 Å². The van der Waals surface area contributed by atoms with E-state index in [1.165, 1.54) is 5.75 Å². The Balaban J connectivity index is 1.89. The number of thioether (sulfide) groups is 1.